The van der Waals surface area contributed by atoms with Crippen molar-refractivity contribution in [2.75, 3.05) is 4.72 Å². The molecule has 0 radical (unpaired) electrons. The van der Waals surface area contributed by atoms with Crippen LogP contribution in [-0.4, -0.2) is 8.42 Å². The lowest BCUT2D eigenvalue weighted by Gasteiger charge is -2.11. The molecule has 0 aliphatic carbocycles. The molecule has 0 fully saturated rings. The van der Waals surface area contributed by atoms with E-state index in [-0.39, 0.29) is 5.75 Å². The Morgan fingerprint density at radius 2 is 1.70 bits per heavy atom. The third kappa shape index (κ3) is 4.10. The van der Waals surface area contributed by atoms with Gasteiger partial charge in [-0.1, -0.05) is 56.3 Å². The highest BCUT2D eigenvalue weighted by atomic mass is 32.2. The first-order valence-electron chi connectivity index (χ1n) is 6.61. The largest absolute Gasteiger partial charge is 0.283 e. The number of rotatable bonds is 5. The van der Waals surface area contributed by atoms with Gasteiger partial charge in [0.2, 0.25) is 10.0 Å². The van der Waals surface area contributed by atoms with E-state index in [9.17, 15) is 8.42 Å². The average Bonchev–Trinajstić information content (AvgIpc) is 2.39. The Bertz CT molecular complexity index is 664. The van der Waals surface area contributed by atoms with Gasteiger partial charge in [-0.2, -0.15) is 0 Å². The highest BCUT2D eigenvalue weighted by molar-refractivity contribution is 7.91. The smallest absolute Gasteiger partial charge is 0.236 e. The van der Waals surface area contributed by atoms with Crippen LogP contribution < -0.4 is 4.72 Å². The Morgan fingerprint density at radius 1 is 1.00 bits per heavy atom. The molecule has 3 nitrogen and oxygen atoms in total. The number of anilines is 1. The van der Waals surface area contributed by atoms with Crippen LogP contribution in [0, 0.1) is 0 Å². The molecular weight excluding hydrogens is 270 g/mol. The third-order valence-electron chi connectivity index (χ3n) is 3.03. The van der Waals surface area contributed by atoms with E-state index < -0.39 is 10.0 Å². The molecular formula is C16H19NO2S. The maximum Gasteiger partial charge on any atom is 0.236 e. The van der Waals surface area contributed by atoms with E-state index >= 15 is 0 Å². The molecule has 0 aromatic heterocycles. The Kier molecular flexibility index (Phi) is 4.45. The summed E-state index contributed by atoms with van der Waals surface area (Å²) in [6.07, 6.45) is 0. The molecule has 0 unspecified atom stereocenters. The predicted molar refractivity (Wildman–Crippen MR) is 83.2 cm³/mol. The summed E-state index contributed by atoms with van der Waals surface area (Å²) in [6.45, 7) is 4.16. The average molecular weight is 289 g/mol. The van der Waals surface area contributed by atoms with E-state index in [0.29, 0.717) is 11.6 Å². The molecule has 2 aromatic carbocycles. The lowest BCUT2D eigenvalue weighted by atomic mass is 10.0. The van der Waals surface area contributed by atoms with Crippen LogP contribution in [0.25, 0.3) is 0 Å². The Hall–Kier alpha value is -1.81. The summed E-state index contributed by atoms with van der Waals surface area (Å²) in [5.74, 6) is 0.355. The van der Waals surface area contributed by atoms with E-state index in [1.165, 1.54) is 0 Å². The van der Waals surface area contributed by atoms with Crippen LogP contribution in [-0.2, 0) is 15.8 Å². The Balaban J connectivity index is 2.14. The fourth-order valence-corrected chi connectivity index (χ4v) is 3.16. The van der Waals surface area contributed by atoms with Crippen molar-refractivity contribution in [1.29, 1.82) is 0 Å². The summed E-state index contributed by atoms with van der Waals surface area (Å²) in [5, 5.41) is 0. The van der Waals surface area contributed by atoms with Crippen molar-refractivity contribution in [3.05, 3.63) is 65.7 Å². The van der Waals surface area contributed by atoms with Crippen molar-refractivity contribution >= 4 is 15.7 Å². The summed E-state index contributed by atoms with van der Waals surface area (Å²) in [4.78, 5) is 0. The van der Waals surface area contributed by atoms with Crippen LogP contribution in [0.4, 0.5) is 5.69 Å². The standard InChI is InChI=1S/C16H19NO2S/c1-13(2)15-9-6-10-16(11-15)17-20(18,19)12-14-7-4-3-5-8-14/h3-11,13,17H,12H2,1-2H3. The summed E-state index contributed by atoms with van der Waals surface area (Å²) < 4.78 is 26.9. The fourth-order valence-electron chi connectivity index (χ4n) is 1.97. The second-order valence-corrected chi connectivity index (χ2v) is 6.85. The van der Waals surface area contributed by atoms with E-state index in [0.717, 1.165) is 11.1 Å². The molecule has 0 saturated heterocycles. The first-order chi connectivity index (χ1) is 9.46. The van der Waals surface area contributed by atoms with Gasteiger partial charge in [0, 0.05) is 5.69 Å². The van der Waals surface area contributed by atoms with Gasteiger partial charge in [-0.05, 0) is 29.2 Å². The first kappa shape index (κ1) is 14.6. The zero-order valence-electron chi connectivity index (χ0n) is 11.7. The molecule has 0 saturated carbocycles. The minimum Gasteiger partial charge on any atom is -0.283 e. The SMILES string of the molecule is CC(C)c1cccc(NS(=O)(=O)Cc2ccccc2)c1. The van der Waals surface area contributed by atoms with Gasteiger partial charge in [0.25, 0.3) is 0 Å². The quantitative estimate of drug-likeness (QED) is 0.911. The summed E-state index contributed by atoms with van der Waals surface area (Å²) >= 11 is 0. The fraction of sp³-hybridized carbons (Fsp3) is 0.250. The molecule has 20 heavy (non-hydrogen) atoms. The molecule has 0 aliphatic rings. The second kappa shape index (κ2) is 6.09. The molecule has 2 aromatic rings. The van der Waals surface area contributed by atoms with Gasteiger partial charge in [-0.3, -0.25) is 4.72 Å². The van der Waals surface area contributed by atoms with Crippen LogP contribution in [0.1, 0.15) is 30.9 Å². The van der Waals surface area contributed by atoms with Crippen molar-refractivity contribution < 1.29 is 8.42 Å². The number of sulfonamides is 1. The zero-order chi connectivity index (χ0) is 14.6. The van der Waals surface area contributed by atoms with Gasteiger partial charge in [-0.15, -0.1) is 0 Å². The monoisotopic (exact) mass is 289 g/mol. The minimum atomic E-state index is -3.38. The van der Waals surface area contributed by atoms with Gasteiger partial charge in [-0.25, -0.2) is 8.42 Å². The lowest BCUT2D eigenvalue weighted by molar-refractivity contribution is 0.600. The van der Waals surface area contributed by atoms with Crippen molar-refractivity contribution in [3.8, 4) is 0 Å². The molecule has 0 spiro atoms. The normalized spacial score (nSPS) is 11.6. The van der Waals surface area contributed by atoms with Crippen molar-refractivity contribution in [3.63, 3.8) is 0 Å². The third-order valence-corrected chi connectivity index (χ3v) is 4.29. The molecule has 0 amide bonds. The second-order valence-electron chi connectivity index (χ2n) is 5.13. The molecule has 106 valence electrons. The predicted octanol–water partition coefficient (Wildman–Crippen LogP) is 3.75. The van der Waals surface area contributed by atoms with Crippen molar-refractivity contribution in [2.45, 2.75) is 25.5 Å². The van der Waals surface area contributed by atoms with E-state index in [4.69, 9.17) is 0 Å². The van der Waals surface area contributed by atoms with Crippen LogP contribution in [0.15, 0.2) is 54.6 Å². The topological polar surface area (TPSA) is 46.2 Å². The van der Waals surface area contributed by atoms with Gasteiger partial charge in [0.1, 0.15) is 0 Å². The number of hydrogen-bond donors (Lipinski definition) is 1. The Labute approximate surface area is 120 Å². The van der Waals surface area contributed by atoms with Crippen LogP contribution in [0.3, 0.4) is 0 Å². The van der Waals surface area contributed by atoms with Crippen molar-refractivity contribution in [1.82, 2.24) is 0 Å². The van der Waals surface area contributed by atoms with Crippen LogP contribution >= 0.6 is 0 Å². The van der Waals surface area contributed by atoms with Gasteiger partial charge in [0.05, 0.1) is 5.75 Å². The number of benzene rings is 2. The molecule has 0 aliphatic heterocycles. The molecule has 1 N–H and O–H groups in total. The molecule has 0 atom stereocenters. The molecule has 2 rings (SSSR count). The Morgan fingerprint density at radius 3 is 2.35 bits per heavy atom. The highest BCUT2D eigenvalue weighted by Gasteiger charge is 2.12. The number of hydrogen-bond acceptors (Lipinski definition) is 2. The summed E-state index contributed by atoms with van der Waals surface area (Å²) in [5.41, 5.74) is 2.51. The van der Waals surface area contributed by atoms with Crippen molar-refractivity contribution in [2.24, 2.45) is 0 Å². The summed E-state index contributed by atoms with van der Waals surface area (Å²) in [6, 6.07) is 16.7. The van der Waals surface area contributed by atoms with E-state index in [1.807, 2.05) is 48.5 Å². The van der Waals surface area contributed by atoms with Crippen LogP contribution in [0.2, 0.25) is 0 Å². The van der Waals surface area contributed by atoms with Gasteiger partial charge in [0.15, 0.2) is 0 Å². The van der Waals surface area contributed by atoms with E-state index in [1.54, 1.807) is 6.07 Å². The van der Waals surface area contributed by atoms with Gasteiger partial charge < -0.3 is 0 Å². The molecule has 0 bridgehead atoms. The number of nitrogens with one attached hydrogen (secondary N) is 1. The molecule has 4 heteroatoms. The lowest BCUT2D eigenvalue weighted by Crippen LogP contribution is -2.15. The highest BCUT2D eigenvalue weighted by Crippen LogP contribution is 2.20. The van der Waals surface area contributed by atoms with E-state index in [2.05, 4.69) is 18.6 Å². The van der Waals surface area contributed by atoms with Crippen LogP contribution in [0.5, 0.6) is 0 Å². The summed E-state index contributed by atoms with van der Waals surface area (Å²) in [7, 11) is -3.38. The van der Waals surface area contributed by atoms with Gasteiger partial charge >= 0.3 is 0 Å². The molecule has 0 heterocycles. The minimum absolute atomic E-state index is 0.0141. The maximum absolute atomic E-state index is 12.1. The first-order valence-corrected chi connectivity index (χ1v) is 8.26. The maximum atomic E-state index is 12.1. The zero-order valence-corrected chi connectivity index (χ0v) is 12.5.